The molecule has 0 saturated carbocycles. The normalized spacial score (nSPS) is 11.1. The SMILES string of the molecule is CCn1c(C)nc2cccc(N(S)C(=O)Nc3cc(F)ccc3OC(C)C)c21. The zero-order valence-electron chi connectivity index (χ0n) is 16.2. The van der Waals surface area contributed by atoms with Crippen molar-refractivity contribution >= 4 is 41.3 Å². The lowest BCUT2D eigenvalue weighted by atomic mass is 10.2. The molecule has 6 nitrogen and oxygen atoms in total. The summed E-state index contributed by atoms with van der Waals surface area (Å²) < 4.78 is 22.6. The Hall–Kier alpha value is -2.74. The van der Waals surface area contributed by atoms with E-state index in [0.29, 0.717) is 18.0 Å². The number of imidazole rings is 1. The van der Waals surface area contributed by atoms with E-state index < -0.39 is 11.8 Å². The molecule has 3 aromatic rings. The number of aryl methyl sites for hydroxylation is 2. The topological polar surface area (TPSA) is 59.4 Å². The predicted molar refractivity (Wildman–Crippen MR) is 113 cm³/mol. The van der Waals surface area contributed by atoms with Gasteiger partial charge in [-0.2, -0.15) is 0 Å². The first kappa shape index (κ1) is 20.0. The highest BCUT2D eigenvalue weighted by Crippen LogP contribution is 2.31. The average molecular weight is 402 g/mol. The number of aromatic nitrogens is 2. The molecule has 0 bridgehead atoms. The van der Waals surface area contributed by atoms with Crippen LogP contribution in [0.2, 0.25) is 0 Å². The number of amides is 2. The van der Waals surface area contributed by atoms with E-state index in [-0.39, 0.29) is 11.8 Å². The molecule has 0 atom stereocenters. The molecule has 0 aliphatic rings. The molecule has 2 aromatic carbocycles. The van der Waals surface area contributed by atoms with Crippen LogP contribution in [0.5, 0.6) is 5.75 Å². The number of urea groups is 1. The lowest BCUT2D eigenvalue weighted by Gasteiger charge is -2.20. The first-order valence-corrected chi connectivity index (χ1v) is 9.43. The number of hydrogen-bond acceptors (Lipinski definition) is 4. The van der Waals surface area contributed by atoms with Crippen molar-refractivity contribution in [1.82, 2.24) is 9.55 Å². The number of hydrogen-bond donors (Lipinski definition) is 2. The fourth-order valence-corrected chi connectivity index (χ4v) is 3.29. The fourth-order valence-electron chi connectivity index (χ4n) is 3.07. The summed E-state index contributed by atoms with van der Waals surface area (Å²) in [6.07, 6.45) is -0.121. The molecular formula is C20H23FN4O2S. The van der Waals surface area contributed by atoms with Crippen LogP contribution >= 0.6 is 12.8 Å². The number of carbonyl (C=O) groups excluding carboxylic acids is 1. The summed E-state index contributed by atoms with van der Waals surface area (Å²) in [4.78, 5) is 17.4. The number of nitrogens with zero attached hydrogens (tertiary/aromatic N) is 3. The van der Waals surface area contributed by atoms with Gasteiger partial charge in [-0.15, -0.1) is 0 Å². The highest BCUT2D eigenvalue weighted by atomic mass is 32.1. The maximum absolute atomic E-state index is 13.7. The van der Waals surface area contributed by atoms with Crippen molar-refractivity contribution in [2.45, 2.75) is 40.3 Å². The van der Waals surface area contributed by atoms with E-state index in [1.54, 1.807) is 6.07 Å². The lowest BCUT2D eigenvalue weighted by Crippen LogP contribution is -2.27. The predicted octanol–water partition coefficient (Wildman–Crippen LogP) is 5.17. The van der Waals surface area contributed by atoms with Gasteiger partial charge in [-0.05, 0) is 52.0 Å². The number of rotatable bonds is 5. The van der Waals surface area contributed by atoms with Crippen LogP contribution in [0.25, 0.3) is 11.0 Å². The molecule has 1 aromatic heterocycles. The van der Waals surface area contributed by atoms with E-state index in [4.69, 9.17) is 4.74 Å². The quantitative estimate of drug-likeness (QED) is 0.579. The molecule has 0 unspecified atom stereocenters. The Morgan fingerprint density at radius 3 is 2.79 bits per heavy atom. The third kappa shape index (κ3) is 3.91. The third-order valence-corrected chi connectivity index (χ3v) is 4.62. The average Bonchev–Trinajstić information content (AvgIpc) is 2.97. The molecule has 28 heavy (non-hydrogen) atoms. The third-order valence-electron chi connectivity index (χ3n) is 4.22. The monoisotopic (exact) mass is 402 g/mol. The summed E-state index contributed by atoms with van der Waals surface area (Å²) in [6.45, 7) is 8.34. The fraction of sp³-hybridized carbons (Fsp3) is 0.300. The lowest BCUT2D eigenvalue weighted by molar-refractivity contribution is 0.242. The summed E-state index contributed by atoms with van der Waals surface area (Å²) in [5.74, 6) is 0.767. The van der Waals surface area contributed by atoms with Crippen molar-refractivity contribution in [2.24, 2.45) is 0 Å². The van der Waals surface area contributed by atoms with Gasteiger partial charge in [0.25, 0.3) is 0 Å². The molecule has 148 valence electrons. The number of ether oxygens (including phenoxy) is 1. The first-order valence-electron chi connectivity index (χ1n) is 9.03. The van der Waals surface area contributed by atoms with E-state index in [1.165, 1.54) is 22.5 Å². The van der Waals surface area contributed by atoms with Gasteiger partial charge in [0, 0.05) is 12.6 Å². The van der Waals surface area contributed by atoms with Crippen LogP contribution < -0.4 is 14.4 Å². The van der Waals surface area contributed by atoms with Gasteiger partial charge in [0.05, 0.1) is 28.5 Å². The van der Waals surface area contributed by atoms with E-state index >= 15 is 0 Å². The van der Waals surface area contributed by atoms with Gasteiger partial charge in [0.2, 0.25) is 0 Å². The smallest absolute Gasteiger partial charge is 0.336 e. The maximum Gasteiger partial charge on any atom is 0.336 e. The molecule has 0 radical (unpaired) electrons. The minimum Gasteiger partial charge on any atom is -0.489 e. The van der Waals surface area contributed by atoms with E-state index in [0.717, 1.165) is 16.9 Å². The van der Waals surface area contributed by atoms with Crippen LogP contribution in [0.15, 0.2) is 36.4 Å². The van der Waals surface area contributed by atoms with Gasteiger partial charge >= 0.3 is 6.03 Å². The molecule has 3 rings (SSSR count). The summed E-state index contributed by atoms with van der Waals surface area (Å²) in [6, 6.07) is 8.96. The molecule has 0 spiro atoms. The van der Waals surface area contributed by atoms with Crippen molar-refractivity contribution < 1.29 is 13.9 Å². The van der Waals surface area contributed by atoms with Gasteiger partial charge in [-0.25, -0.2) is 18.5 Å². The zero-order valence-corrected chi connectivity index (χ0v) is 17.1. The van der Waals surface area contributed by atoms with E-state index in [1.807, 2.05) is 44.4 Å². The van der Waals surface area contributed by atoms with Gasteiger partial charge in [-0.1, -0.05) is 18.9 Å². The van der Waals surface area contributed by atoms with Crippen molar-refractivity contribution in [3.05, 3.63) is 48.0 Å². The number of anilines is 2. The molecule has 0 fully saturated rings. The van der Waals surface area contributed by atoms with Crippen molar-refractivity contribution in [1.29, 1.82) is 0 Å². The number of carbonyl (C=O) groups is 1. The van der Waals surface area contributed by atoms with Crippen LogP contribution in [0, 0.1) is 12.7 Å². The number of thiol groups is 1. The van der Waals surface area contributed by atoms with E-state index in [9.17, 15) is 9.18 Å². The molecule has 8 heteroatoms. The Balaban J connectivity index is 1.95. The minimum absolute atomic E-state index is 0.121. The summed E-state index contributed by atoms with van der Waals surface area (Å²) in [7, 11) is 0. The van der Waals surface area contributed by atoms with Crippen molar-refractivity contribution in [2.75, 3.05) is 9.62 Å². The van der Waals surface area contributed by atoms with Gasteiger partial charge in [0.1, 0.15) is 17.4 Å². The van der Waals surface area contributed by atoms with Gasteiger partial charge in [-0.3, -0.25) is 0 Å². The molecule has 2 amide bonds. The Morgan fingerprint density at radius 1 is 1.36 bits per heavy atom. The standard InChI is InChI=1S/C20H23FN4O2S/c1-5-24-13(4)22-15-7-6-8-17(19(15)24)25(28)20(26)23-16-11-14(21)9-10-18(16)27-12(2)3/h6-12,28H,5H2,1-4H3,(H,23,26). The Morgan fingerprint density at radius 2 is 2.11 bits per heavy atom. The molecule has 1 heterocycles. The molecule has 0 aliphatic carbocycles. The van der Waals surface area contributed by atoms with Crippen LogP contribution in [0.3, 0.4) is 0 Å². The van der Waals surface area contributed by atoms with Gasteiger partial charge < -0.3 is 14.6 Å². The van der Waals surface area contributed by atoms with Crippen LogP contribution in [0.4, 0.5) is 20.6 Å². The second-order valence-corrected chi connectivity index (χ2v) is 7.00. The van der Waals surface area contributed by atoms with Crippen molar-refractivity contribution in [3.63, 3.8) is 0 Å². The molecular weight excluding hydrogens is 379 g/mol. The van der Waals surface area contributed by atoms with Gasteiger partial charge in [0.15, 0.2) is 0 Å². The first-order chi connectivity index (χ1) is 13.3. The summed E-state index contributed by atoms with van der Waals surface area (Å²) in [5, 5.41) is 2.68. The van der Waals surface area contributed by atoms with Crippen LogP contribution in [0.1, 0.15) is 26.6 Å². The van der Waals surface area contributed by atoms with Crippen LogP contribution in [-0.4, -0.2) is 21.7 Å². The largest absolute Gasteiger partial charge is 0.489 e. The summed E-state index contributed by atoms with van der Waals surface area (Å²) >= 11 is 4.39. The Kier molecular flexibility index (Phi) is 5.79. The number of fused-ring (bicyclic) bond motifs is 1. The maximum atomic E-state index is 13.7. The Bertz CT molecular complexity index is 1020. The highest BCUT2D eigenvalue weighted by molar-refractivity contribution is 7.82. The van der Waals surface area contributed by atoms with E-state index in [2.05, 4.69) is 23.1 Å². The molecule has 0 saturated heterocycles. The number of nitrogens with one attached hydrogen (secondary N) is 1. The second kappa shape index (κ2) is 8.10. The summed E-state index contributed by atoms with van der Waals surface area (Å²) in [5.41, 5.74) is 2.41. The zero-order chi connectivity index (χ0) is 20.4. The number of para-hydroxylation sites is 1. The Labute approximate surface area is 168 Å². The van der Waals surface area contributed by atoms with Crippen LogP contribution in [-0.2, 0) is 6.54 Å². The minimum atomic E-state index is -0.531. The van der Waals surface area contributed by atoms with Crippen molar-refractivity contribution in [3.8, 4) is 5.75 Å². The number of benzene rings is 2. The second-order valence-electron chi connectivity index (χ2n) is 6.60. The highest BCUT2D eigenvalue weighted by Gasteiger charge is 2.20. The molecule has 1 N–H and O–H groups in total. The molecule has 0 aliphatic heterocycles. The number of halogens is 1.